The van der Waals surface area contributed by atoms with E-state index in [1.54, 1.807) is 7.11 Å². The van der Waals surface area contributed by atoms with Gasteiger partial charge in [-0.15, -0.1) is 0 Å². The molecule has 1 aromatic rings. The minimum absolute atomic E-state index is 0.100. The first-order chi connectivity index (χ1) is 12.2. The molecule has 0 bridgehead atoms. The van der Waals surface area contributed by atoms with Gasteiger partial charge in [0.25, 0.3) is 5.95 Å². The number of hydrogen-bond donors (Lipinski definition) is 1. The molecule has 2 saturated heterocycles. The number of aromatic nitrogens is 2. The molecule has 1 aromatic heterocycles. The Bertz CT molecular complexity index is 556. The first kappa shape index (κ1) is 18.1. The zero-order valence-electron chi connectivity index (χ0n) is 15.2. The molecular weight excluding hydrogens is 322 g/mol. The molecule has 0 spiro atoms. The number of anilines is 1. The van der Waals surface area contributed by atoms with Gasteiger partial charge in [-0.2, -0.15) is 4.98 Å². The van der Waals surface area contributed by atoms with Gasteiger partial charge in [0.2, 0.25) is 11.8 Å². The van der Waals surface area contributed by atoms with Crippen molar-refractivity contribution in [1.82, 2.24) is 20.4 Å². The number of aryl methyl sites for hydroxylation is 1. The Morgan fingerprint density at radius 2 is 2.12 bits per heavy atom. The first-order valence-corrected chi connectivity index (χ1v) is 9.23. The largest absolute Gasteiger partial charge is 0.383 e. The molecule has 2 aliphatic rings. The van der Waals surface area contributed by atoms with E-state index in [9.17, 15) is 4.79 Å². The van der Waals surface area contributed by atoms with Gasteiger partial charge in [0.15, 0.2) is 0 Å². The average molecular weight is 351 g/mol. The summed E-state index contributed by atoms with van der Waals surface area (Å²) < 4.78 is 10.1. The van der Waals surface area contributed by atoms with Crippen molar-refractivity contribution in [3.05, 3.63) is 5.89 Å². The fourth-order valence-electron chi connectivity index (χ4n) is 3.82. The molecule has 2 aliphatic heterocycles. The van der Waals surface area contributed by atoms with Gasteiger partial charge in [-0.3, -0.25) is 9.69 Å². The van der Waals surface area contributed by atoms with E-state index in [0.29, 0.717) is 31.0 Å². The summed E-state index contributed by atoms with van der Waals surface area (Å²) in [7, 11) is 1.65. The molecular formula is C17H29N5O3. The number of piperidine rings is 2. The second-order valence-corrected chi connectivity index (χ2v) is 6.95. The number of carbonyl (C=O) groups is 1. The summed E-state index contributed by atoms with van der Waals surface area (Å²) in [6, 6.07) is 0.541. The molecule has 1 N–H and O–H groups in total. The standard InChI is InChI=1S/C17H29N5O3/c1-13-19-17(20-25-13)21-9-5-15(6-10-21)22-8-3-4-14(12-22)16(23)18-7-11-24-2/h14-15H,3-12H2,1-2H3,(H,18,23)/t14-/m1/s1. The minimum atomic E-state index is 0.100. The summed E-state index contributed by atoms with van der Waals surface area (Å²) in [5.41, 5.74) is 0. The molecule has 1 atom stereocenters. The fourth-order valence-corrected chi connectivity index (χ4v) is 3.82. The quantitative estimate of drug-likeness (QED) is 0.760. The van der Waals surface area contributed by atoms with Gasteiger partial charge in [-0.05, 0) is 37.4 Å². The number of amides is 1. The fraction of sp³-hybridized carbons (Fsp3) is 0.824. The second-order valence-electron chi connectivity index (χ2n) is 6.95. The van der Waals surface area contributed by atoms with Crippen LogP contribution in [0, 0.1) is 12.8 Å². The molecule has 0 aromatic carbocycles. The first-order valence-electron chi connectivity index (χ1n) is 9.23. The molecule has 140 valence electrons. The lowest BCUT2D eigenvalue weighted by Crippen LogP contribution is -2.51. The van der Waals surface area contributed by atoms with Gasteiger partial charge in [-0.1, -0.05) is 0 Å². The van der Waals surface area contributed by atoms with Crippen molar-refractivity contribution < 1.29 is 14.1 Å². The van der Waals surface area contributed by atoms with Crippen LogP contribution in [0.15, 0.2) is 4.52 Å². The third-order valence-corrected chi connectivity index (χ3v) is 5.21. The molecule has 3 rings (SSSR count). The Morgan fingerprint density at radius 1 is 1.32 bits per heavy atom. The average Bonchev–Trinajstić information content (AvgIpc) is 3.08. The Morgan fingerprint density at radius 3 is 2.80 bits per heavy atom. The summed E-state index contributed by atoms with van der Waals surface area (Å²) in [4.78, 5) is 21.3. The van der Waals surface area contributed by atoms with Crippen molar-refractivity contribution in [3.8, 4) is 0 Å². The van der Waals surface area contributed by atoms with Crippen LogP contribution in [0.4, 0.5) is 5.95 Å². The highest BCUT2D eigenvalue weighted by molar-refractivity contribution is 5.78. The minimum Gasteiger partial charge on any atom is -0.383 e. The normalized spacial score (nSPS) is 23.0. The Balaban J connectivity index is 1.47. The Hall–Kier alpha value is -1.67. The van der Waals surface area contributed by atoms with E-state index in [-0.39, 0.29) is 11.8 Å². The van der Waals surface area contributed by atoms with Gasteiger partial charge in [0.05, 0.1) is 12.5 Å². The van der Waals surface area contributed by atoms with E-state index in [2.05, 4.69) is 25.3 Å². The van der Waals surface area contributed by atoms with Crippen molar-refractivity contribution in [2.45, 2.75) is 38.6 Å². The maximum atomic E-state index is 12.3. The molecule has 0 saturated carbocycles. The molecule has 8 nitrogen and oxygen atoms in total. The molecule has 2 fully saturated rings. The SMILES string of the molecule is COCCNC(=O)[C@@H]1CCCN(C2CCN(c3noc(C)n3)CC2)C1. The van der Waals surface area contributed by atoms with E-state index < -0.39 is 0 Å². The zero-order valence-corrected chi connectivity index (χ0v) is 15.2. The predicted octanol–water partition coefficient (Wildman–Crippen LogP) is 0.821. The van der Waals surface area contributed by atoms with Crippen LogP contribution in [-0.2, 0) is 9.53 Å². The number of hydrogen-bond acceptors (Lipinski definition) is 7. The van der Waals surface area contributed by atoms with Crippen LogP contribution in [0.2, 0.25) is 0 Å². The van der Waals surface area contributed by atoms with Crippen LogP contribution < -0.4 is 10.2 Å². The third kappa shape index (κ3) is 4.70. The maximum Gasteiger partial charge on any atom is 0.266 e. The van der Waals surface area contributed by atoms with Crippen molar-refractivity contribution in [2.75, 3.05) is 51.3 Å². The molecule has 0 aliphatic carbocycles. The topological polar surface area (TPSA) is 83.7 Å². The Kier molecular flexibility index (Phi) is 6.25. The van der Waals surface area contributed by atoms with Gasteiger partial charge in [0, 0.05) is 46.3 Å². The van der Waals surface area contributed by atoms with Crippen LogP contribution >= 0.6 is 0 Å². The monoisotopic (exact) mass is 351 g/mol. The highest BCUT2D eigenvalue weighted by Crippen LogP contribution is 2.25. The highest BCUT2D eigenvalue weighted by Gasteiger charge is 2.32. The van der Waals surface area contributed by atoms with Crippen molar-refractivity contribution in [2.24, 2.45) is 5.92 Å². The summed E-state index contributed by atoms with van der Waals surface area (Å²) in [6.07, 6.45) is 4.22. The van der Waals surface area contributed by atoms with Gasteiger partial charge in [-0.25, -0.2) is 0 Å². The third-order valence-electron chi connectivity index (χ3n) is 5.21. The van der Waals surface area contributed by atoms with Crippen LogP contribution in [-0.4, -0.2) is 73.4 Å². The van der Waals surface area contributed by atoms with Crippen molar-refractivity contribution in [1.29, 1.82) is 0 Å². The number of likely N-dealkylation sites (tertiary alicyclic amines) is 1. The van der Waals surface area contributed by atoms with Crippen LogP contribution in [0.3, 0.4) is 0 Å². The smallest absolute Gasteiger partial charge is 0.266 e. The molecule has 8 heteroatoms. The summed E-state index contributed by atoms with van der Waals surface area (Å²) in [5.74, 6) is 1.57. The number of nitrogens with zero attached hydrogens (tertiary/aromatic N) is 4. The summed E-state index contributed by atoms with van der Waals surface area (Å²) >= 11 is 0. The summed E-state index contributed by atoms with van der Waals surface area (Å²) in [6.45, 7) is 6.80. The van der Waals surface area contributed by atoms with E-state index in [0.717, 1.165) is 51.9 Å². The molecule has 0 unspecified atom stereocenters. The summed E-state index contributed by atoms with van der Waals surface area (Å²) in [5, 5.41) is 6.99. The number of ether oxygens (including phenoxy) is 1. The molecule has 25 heavy (non-hydrogen) atoms. The number of carbonyl (C=O) groups excluding carboxylic acids is 1. The van der Waals surface area contributed by atoms with Gasteiger partial charge < -0.3 is 19.5 Å². The molecule has 1 amide bonds. The number of rotatable bonds is 6. The van der Waals surface area contributed by atoms with Gasteiger partial charge >= 0.3 is 0 Å². The highest BCUT2D eigenvalue weighted by atomic mass is 16.5. The lowest BCUT2D eigenvalue weighted by atomic mass is 9.93. The maximum absolute atomic E-state index is 12.3. The van der Waals surface area contributed by atoms with Crippen LogP contribution in [0.5, 0.6) is 0 Å². The van der Waals surface area contributed by atoms with E-state index >= 15 is 0 Å². The molecule has 0 radical (unpaired) electrons. The van der Waals surface area contributed by atoms with Gasteiger partial charge in [0.1, 0.15) is 0 Å². The number of nitrogens with one attached hydrogen (secondary N) is 1. The van der Waals surface area contributed by atoms with Crippen LogP contribution in [0.25, 0.3) is 0 Å². The predicted molar refractivity (Wildman–Crippen MR) is 93.5 cm³/mol. The van der Waals surface area contributed by atoms with E-state index in [4.69, 9.17) is 9.26 Å². The lowest BCUT2D eigenvalue weighted by Gasteiger charge is -2.41. The zero-order chi connectivity index (χ0) is 17.6. The van der Waals surface area contributed by atoms with E-state index in [1.165, 1.54) is 0 Å². The van der Waals surface area contributed by atoms with Crippen LogP contribution in [0.1, 0.15) is 31.6 Å². The lowest BCUT2D eigenvalue weighted by molar-refractivity contribution is -0.127. The van der Waals surface area contributed by atoms with Crippen molar-refractivity contribution in [3.63, 3.8) is 0 Å². The van der Waals surface area contributed by atoms with E-state index in [1.807, 2.05) is 6.92 Å². The number of methoxy groups -OCH3 is 1. The second kappa shape index (κ2) is 8.62. The van der Waals surface area contributed by atoms with Crippen molar-refractivity contribution >= 4 is 11.9 Å². The Labute approximate surface area is 148 Å². The molecule has 3 heterocycles.